The summed E-state index contributed by atoms with van der Waals surface area (Å²) in [6.07, 6.45) is 3.60. The Balaban J connectivity index is 2.02. The number of nitrogens with zero attached hydrogens (tertiary/aromatic N) is 2. The summed E-state index contributed by atoms with van der Waals surface area (Å²) in [6, 6.07) is 0. The number of rotatable bonds is 3. The first-order chi connectivity index (χ1) is 5.90. The molecule has 0 bridgehead atoms. The van der Waals surface area contributed by atoms with Crippen LogP contribution >= 0.6 is 0 Å². The fraction of sp³-hybridized carbons (Fsp3) is 0.714. The van der Waals surface area contributed by atoms with Gasteiger partial charge < -0.3 is 4.52 Å². The normalized spacial score (nSPS) is 17.8. The molecule has 66 valence electrons. The molecule has 0 radical (unpaired) electrons. The van der Waals surface area contributed by atoms with E-state index in [1.165, 1.54) is 19.3 Å². The van der Waals surface area contributed by atoms with Crippen LogP contribution < -0.4 is 5.90 Å². The summed E-state index contributed by atoms with van der Waals surface area (Å²) >= 11 is 0. The maximum absolute atomic E-state index is 4.90. The molecule has 1 aliphatic carbocycles. The van der Waals surface area contributed by atoms with E-state index >= 15 is 0 Å². The fourth-order valence-corrected chi connectivity index (χ4v) is 1.23. The van der Waals surface area contributed by atoms with Crippen LogP contribution in [0.5, 0.6) is 0 Å². The van der Waals surface area contributed by atoms with Crippen molar-refractivity contribution in [2.75, 3.05) is 0 Å². The van der Waals surface area contributed by atoms with Crippen LogP contribution in [-0.2, 0) is 11.4 Å². The third-order valence-electron chi connectivity index (χ3n) is 2.16. The van der Waals surface area contributed by atoms with Crippen LogP contribution in [-0.4, -0.2) is 10.1 Å². The van der Waals surface area contributed by atoms with Gasteiger partial charge in [-0.1, -0.05) is 11.6 Å². The van der Waals surface area contributed by atoms with E-state index in [0.29, 0.717) is 11.8 Å². The molecule has 2 rings (SSSR count). The van der Waals surface area contributed by atoms with Gasteiger partial charge in [0.1, 0.15) is 6.61 Å². The Kier molecular flexibility index (Phi) is 2.05. The second-order valence-corrected chi connectivity index (χ2v) is 2.99. The minimum Gasteiger partial charge on any atom is -0.337 e. The van der Waals surface area contributed by atoms with Gasteiger partial charge in [-0.3, -0.25) is 4.84 Å². The molecule has 0 unspecified atom stereocenters. The van der Waals surface area contributed by atoms with Gasteiger partial charge in [-0.25, -0.2) is 5.90 Å². The van der Waals surface area contributed by atoms with E-state index in [9.17, 15) is 0 Å². The first-order valence-corrected chi connectivity index (χ1v) is 4.04. The van der Waals surface area contributed by atoms with Crippen molar-refractivity contribution in [2.24, 2.45) is 5.90 Å². The predicted molar refractivity (Wildman–Crippen MR) is 39.9 cm³/mol. The van der Waals surface area contributed by atoms with Crippen molar-refractivity contribution in [3.05, 3.63) is 11.7 Å². The molecule has 1 aromatic rings. The Morgan fingerprint density at radius 3 is 3.00 bits per heavy atom. The molecule has 5 nitrogen and oxygen atoms in total. The molecule has 1 aliphatic rings. The summed E-state index contributed by atoms with van der Waals surface area (Å²) in [5, 5.41) is 3.84. The molecular weight excluding hydrogens is 158 g/mol. The van der Waals surface area contributed by atoms with Crippen LogP contribution in [0.25, 0.3) is 0 Å². The van der Waals surface area contributed by atoms with E-state index < -0.39 is 0 Å². The number of hydrogen-bond acceptors (Lipinski definition) is 5. The number of aromatic nitrogens is 2. The first kappa shape index (κ1) is 7.70. The van der Waals surface area contributed by atoms with Gasteiger partial charge in [-0.05, 0) is 12.8 Å². The second kappa shape index (κ2) is 3.20. The van der Waals surface area contributed by atoms with Gasteiger partial charge in [-0.15, -0.1) is 0 Å². The minimum atomic E-state index is 0.194. The predicted octanol–water partition coefficient (Wildman–Crippen LogP) is 0.727. The molecule has 1 heterocycles. The van der Waals surface area contributed by atoms with Crippen molar-refractivity contribution in [1.29, 1.82) is 0 Å². The van der Waals surface area contributed by atoms with E-state index in [1.54, 1.807) is 0 Å². The van der Waals surface area contributed by atoms with E-state index in [-0.39, 0.29) is 6.61 Å². The van der Waals surface area contributed by atoms with Crippen LogP contribution in [0, 0.1) is 0 Å². The van der Waals surface area contributed by atoms with Crippen molar-refractivity contribution in [2.45, 2.75) is 31.8 Å². The molecule has 1 fully saturated rings. The van der Waals surface area contributed by atoms with Gasteiger partial charge in [0.2, 0.25) is 0 Å². The molecule has 12 heavy (non-hydrogen) atoms. The Morgan fingerprint density at radius 1 is 1.58 bits per heavy atom. The van der Waals surface area contributed by atoms with Crippen molar-refractivity contribution >= 4 is 0 Å². The van der Waals surface area contributed by atoms with Crippen molar-refractivity contribution in [3.8, 4) is 0 Å². The minimum absolute atomic E-state index is 0.194. The Hall–Kier alpha value is -0.940. The summed E-state index contributed by atoms with van der Waals surface area (Å²) < 4.78 is 4.90. The van der Waals surface area contributed by atoms with Crippen molar-refractivity contribution in [1.82, 2.24) is 10.1 Å². The molecule has 0 spiro atoms. The maximum Gasteiger partial charge on any atom is 0.254 e. The smallest absolute Gasteiger partial charge is 0.254 e. The Morgan fingerprint density at radius 2 is 2.42 bits per heavy atom. The molecule has 0 saturated heterocycles. The summed E-state index contributed by atoms with van der Waals surface area (Å²) in [4.78, 5) is 8.52. The van der Waals surface area contributed by atoms with Gasteiger partial charge >= 0.3 is 0 Å². The van der Waals surface area contributed by atoms with Crippen LogP contribution in [0.4, 0.5) is 0 Å². The Bertz CT molecular complexity index is 257. The molecule has 0 aliphatic heterocycles. The quantitative estimate of drug-likeness (QED) is 0.675. The molecule has 0 amide bonds. The maximum atomic E-state index is 4.90. The third kappa shape index (κ3) is 1.33. The van der Waals surface area contributed by atoms with Crippen LogP contribution in [0.3, 0.4) is 0 Å². The fourth-order valence-electron chi connectivity index (χ4n) is 1.23. The zero-order chi connectivity index (χ0) is 8.39. The number of nitrogens with two attached hydrogens (primary N) is 1. The molecular formula is C7H11N3O2. The second-order valence-electron chi connectivity index (χ2n) is 2.99. The summed E-state index contributed by atoms with van der Waals surface area (Å²) in [7, 11) is 0. The highest BCUT2D eigenvalue weighted by molar-refractivity contribution is 4.99. The van der Waals surface area contributed by atoms with Gasteiger partial charge in [0.05, 0.1) is 0 Å². The topological polar surface area (TPSA) is 74.2 Å². The van der Waals surface area contributed by atoms with E-state index in [1.807, 2.05) is 0 Å². The zero-order valence-electron chi connectivity index (χ0n) is 6.69. The Labute approximate surface area is 69.8 Å². The number of hydrogen-bond donors (Lipinski definition) is 1. The lowest BCUT2D eigenvalue weighted by molar-refractivity contribution is 0.0995. The van der Waals surface area contributed by atoms with Gasteiger partial charge in [-0.2, -0.15) is 4.98 Å². The lowest BCUT2D eigenvalue weighted by Crippen LogP contribution is -2.10. The lowest BCUT2D eigenvalue weighted by atomic mass is 9.85. The molecule has 1 aromatic heterocycles. The molecule has 5 heteroatoms. The third-order valence-corrected chi connectivity index (χ3v) is 2.16. The summed E-state index contributed by atoms with van der Waals surface area (Å²) in [5.74, 6) is 6.62. The van der Waals surface area contributed by atoms with E-state index in [4.69, 9.17) is 10.4 Å². The molecule has 2 N–H and O–H groups in total. The summed E-state index contributed by atoms with van der Waals surface area (Å²) in [6.45, 7) is 0.194. The molecule has 0 aromatic carbocycles. The van der Waals surface area contributed by atoms with Crippen LogP contribution in [0.15, 0.2) is 4.52 Å². The van der Waals surface area contributed by atoms with Crippen molar-refractivity contribution in [3.63, 3.8) is 0 Å². The van der Waals surface area contributed by atoms with Crippen molar-refractivity contribution < 1.29 is 9.36 Å². The molecule has 1 saturated carbocycles. The van der Waals surface area contributed by atoms with Crippen LogP contribution in [0.1, 0.15) is 36.9 Å². The highest BCUT2D eigenvalue weighted by atomic mass is 16.6. The first-order valence-electron chi connectivity index (χ1n) is 4.04. The highest BCUT2D eigenvalue weighted by Gasteiger charge is 2.24. The van der Waals surface area contributed by atoms with E-state index in [0.717, 1.165) is 5.82 Å². The van der Waals surface area contributed by atoms with Crippen LogP contribution in [0.2, 0.25) is 0 Å². The summed E-state index contributed by atoms with van der Waals surface area (Å²) in [5.41, 5.74) is 0. The highest BCUT2D eigenvalue weighted by Crippen LogP contribution is 2.34. The van der Waals surface area contributed by atoms with Gasteiger partial charge in [0, 0.05) is 5.92 Å². The lowest BCUT2D eigenvalue weighted by Gasteiger charge is -2.20. The zero-order valence-corrected chi connectivity index (χ0v) is 6.69. The molecule has 0 atom stereocenters. The van der Waals surface area contributed by atoms with Gasteiger partial charge in [0.15, 0.2) is 5.82 Å². The SMILES string of the molecule is NOCc1nc(C2CCC2)no1. The average Bonchev–Trinajstić information content (AvgIpc) is 2.34. The van der Waals surface area contributed by atoms with E-state index in [2.05, 4.69) is 15.0 Å². The van der Waals surface area contributed by atoms with Gasteiger partial charge in [0.25, 0.3) is 5.89 Å². The standard InChI is InChI=1S/C7H11N3O2/c8-11-4-6-9-7(10-12-6)5-2-1-3-5/h5H,1-4,8H2. The largest absolute Gasteiger partial charge is 0.337 e. The monoisotopic (exact) mass is 169 g/mol. The average molecular weight is 169 g/mol.